The largest absolute Gasteiger partial charge is 0.328 e. The predicted octanol–water partition coefficient (Wildman–Crippen LogP) is 3.18. The van der Waals surface area contributed by atoms with Gasteiger partial charge in [0.05, 0.1) is 0 Å². The standard InChI is InChI=1S/C17H31N3O/c1-4-10-18-16(15-8-6-5-7-9-15)13-19-11-12-20(14(2)3)17(19)21/h11-12,14-16,18H,4-10,13H2,1-3H3. The summed E-state index contributed by atoms with van der Waals surface area (Å²) in [5, 5.41) is 3.68. The van der Waals surface area contributed by atoms with Crippen LogP contribution >= 0.6 is 0 Å². The number of hydrogen-bond donors (Lipinski definition) is 1. The second-order valence-corrected chi connectivity index (χ2v) is 6.69. The third kappa shape index (κ3) is 4.22. The molecule has 1 fully saturated rings. The number of rotatable bonds is 7. The third-order valence-corrected chi connectivity index (χ3v) is 4.70. The van der Waals surface area contributed by atoms with Crippen molar-refractivity contribution < 1.29 is 0 Å². The molecule has 0 radical (unpaired) electrons. The zero-order valence-corrected chi connectivity index (χ0v) is 13.8. The van der Waals surface area contributed by atoms with Crippen LogP contribution in [0.1, 0.15) is 65.3 Å². The molecule has 0 saturated heterocycles. The molecule has 1 N–H and O–H groups in total. The highest BCUT2D eigenvalue weighted by Gasteiger charge is 2.24. The van der Waals surface area contributed by atoms with Crippen LogP contribution < -0.4 is 11.0 Å². The minimum Gasteiger partial charge on any atom is -0.312 e. The fraction of sp³-hybridized carbons (Fsp3) is 0.824. The van der Waals surface area contributed by atoms with E-state index in [0.717, 1.165) is 25.4 Å². The Labute approximate surface area is 128 Å². The summed E-state index contributed by atoms with van der Waals surface area (Å²) in [4.78, 5) is 12.4. The lowest BCUT2D eigenvalue weighted by Gasteiger charge is -2.31. The van der Waals surface area contributed by atoms with Crippen molar-refractivity contribution in [2.75, 3.05) is 6.54 Å². The first-order chi connectivity index (χ1) is 10.1. The Morgan fingerprint density at radius 2 is 1.95 bits per heavy atom. The lowest BCUT2D eigenvalue weighted by molar-refractivity contribution is 0.246. The molecule has 0 spiro atoms. The smallest absolute Gasteiger partial charge is 0.312 e. The van der Waals surface area contributed by atoms with E-state index in [2.05, 4.69) is 26.1 Å². The molecule has 21 heavy (non-hydrogen) atoms. The minimum absolute atomic E-state index is 0.129. The van der Waals surface area contributed by atoms with Gasteiger partial charge < -0.3 is 5.32 Å². The van der Waals surface area contributed by atoms with Gasteiger partial charge in [-0.25, -0.2) is 4.79 Å². The van der Waals surface area contributed by atoms with Crippen molar-refractivity contribution in [3.05, 3.63) is 22.9 Å². The molecule has 0 aliphatic heterocycles. The van der Waals surface area contributed by atoms with Crippen LogP contribution in [0, 0.1) is 5.92 Å². The molecule has 1 aromatic rings. The van der Waals surface area contributed by atoms with Crippen LogP contribution in [0.4, 0.5) is 0 Å². The summed E-state index contributed by atoms with van der Waals surface area (Å²) in [6.45, 7) is 8.16. The predicted molar refractivity (Wildman–Crippen MR) is 87.7 cm³/mol. The zero-order chi connectivity index (χ0) is 15.2. The maximum atomic E-state index is 12.4. The number of nitrogens with one attached hydrogen (secondary N) is 1. The molecular formula is C17H31N3O. The first kappa shape index (κ1) is 16.3. The van der Waals surface area contributed by atoms with Gasteiger partial charge in [0.15, 0.2) is 0 Å². The quantitative estimate of drug-likeness (QED) is 0.838. The highest BCUT2D eigenvalue weighted by atomic mass is 16.1. The van der Waals surface area contributed by atoms with Crippen molar-refractivity contribution in [3.8, 4) is 0 Å². The van der Waals surface area contributed by atoms with Gasteiger partial charge in [-0.1, -0.05) is 26.2 Å². The van der Waals surface area contributed by atoms with Crippen LogP contribution in [0.2, 0.25) is 0 Å². The topological polar surface area (TPSA) is 39.0 Å². The molecule has 1 aliphatic rings. The Balaban J connectivity index is 2.08. The first-order valence-electron chi connectivity index (χ1n) is 8.64. The van der Waals surface area contributed by atoms with E-state index in [1.54, 1.807) is 0 Å². The fourth-order valence-corrected chi connectivity index (χ4v) is 3.42. The van der Waals surface area contributed by atoms with E-state index in [1.807, 2.05) is 21.5 Å². The second-order valence-electron chi connectivity index (χ2n) is 6.69. The molecule has 1 heterocycles. The normalized spacial score (nSPS) is 18.3. The van der Waals surface area contributed by atoms with E-state index < -0.39 is 0 Å². The van der Waals surface area contributed by atoms with Crippen LogP contribution in [0.3, 0.4) is 0 Å². The van der Waals surface area contributed by atoms with Crippen LogP contribution in [0.5, 0.6) is 0 Å². The van der Waals surface area contributed by atoms with Crippen molar-refractivity contribution in [3.63, 3.8) is 0 Å². The summed E-state index contributed by atoms with van der Waals surface area (Å²) in [5.74, 6) is 0.722. The summed E-state index contributed by atoms with van der Waals surface area (Å²) in [5.41, 5.74) is 0.129. The van der Waals surface area contributed by atoms with Gasteiger partial charge in [0.2, 0.25) is 0 Å². The SMILES string of the molecule is CCCNC(Cn1ccn(C(C)C)c1=O)C1CCCCC1. The van der Waals surface area contributed by atoms with Crippen LogP contribution in [0.15, 0.2) is 17.2 Å². The van der Waals surface area contributed by atoms with Gasteiger partial charge >= 0.3 is 5.69 Å². The lowest BCUT2D eigenvalue weighted by atomic mass is 9.83. The van der Waals surface area contributed by atoms with Crippen LogP contribution in [0.25, 0.3) is 0 Å². The van der Waals surface area contributed by atoms with Gasteiger partial charge in [-0.2, -0.15) is 0 Å². The zero-order valence-electron chi connectivity index (χ0n) is 13.8. The Morgan fingerprint density at radius 3 is 2.52 bits per heavy atom. The van der Waals surface area contributed by atoms with Crippen molar-refractivity contribution in [2.24, 2.45) is 5.92 Å². The Hall–Kier alpha value is -1.03. The number of aromatic nitrogens is 2. The van der Waals surface area contributed by atoms with Gasteiger partial charge in [-0.15, -0.1) is 0 Å². The maximum absolute atomic E-state index is 12.4. The van der Waals surface area contributed by atoms with E-state index in [4.69, 9.17) is 0 Å². The summed E-state index contributed by atoms with van der Waals surface area (Å²) in [6, 6.07) is 0.668. The summed E-state index contributed by atoms with van der Waals surface area (Å²) < 4.78 is 3.71. The Morgan fingerprint density at radius 1 is 1.24 bits per heavy atom. The molecule has 1 atom stereocenters. The second kappa shape index (κ2) is 7.83. The molecular weight excluding hydrogens is 262 g/mol. The average molecular weight is 293 g/mol. The van der Waals surface area contributed by atoms with Gasteiger partial charge in [-0.05, 0) is 45.6 Å². The van der Waals surface area contributed by atoms with Gasteiger partial charge in [-0.3, -0.25) is 9.13 Å². The Kier molecular flexibility index (Phi) is 6.09. The molecule has 1 aromatic heterocycles. The van der Waals surface area contributed by atoms with Crippen molar-refractivity contribution in [1.82, 2.24) is 14.5 Å². The monoisotopic (exact) mass is 293 g/mol. The molecule has 4 heteroatoms. The van der Waals surface area contributed by atoms with E-state index >= 15 is 0 Å². The fourth-order valence-electron chi connectivity index (χ4n) is 3.42. The highest BCUT2D eigenvalue weighted by Crippen LogP contribution is 2.27. The van der Waals surface area contributed by atoms with E-state index in [1.165, 1.54) is 32.1 Å². The van der Waals surface area contributed by atoms with Gasteiger partial charge in [0.25, 0.3) is 0 Å². The van der Waals surface area contributed by atoms with Gasteiger partial charge in [0.1, 0.15) is 0 Å². The maximum Gasteiger partial charge on any atom is 0.328 e. The number of nitrogens with zero attached hydrogens (tertiary/aromatic N) is 2. The molecule has 1 saturated carbocycles. The number of imidazole rings is 1. The lowest BCUT2D eigenvalue weighted by Crippen LogP contribution is -2.43. The molecule has 1 unspecified atom stereocenters. The molecule has 2 rings (SSSR count). The van der Waals surface area contributed by atoms with Crippen molar-refractivity contribution in [2.45, 2.75) is 77.9 Å². The van der Waals surface area contributed by atoms with E-state index in [0.29, 0.717) is 6.04 Å². The summed E-state index contributed by atoms with van der Waals surface area (Å²) >= 11 is 0. The third-order valence-electron chi connectivity index (χ3n) is 4.70. The molecule has 4 nitrogen and oxygen atoms in total. The summed E-state index contributed by atoms with van der Waals surface area (Å²) in [6.07, 6.45) is 11.7. The molecule has 0 bridgehead atoms. The average Bonchev–Trinajstić information content (AvgIpc) is 2.85. The molecule has 0 amide bonds. The minimum atomic E-state index is 0.129. The first-order valence-corrected chi connectivity index (χ1v) is 8.64. The number of hydrogen-bond acceptors (Lipinski definition) is 2. The Bertz CT molecular complexity index is 469. The van der Waals surface area contributed by atoms with Gasteiger partial charge in [0, 0.05) is 31.0 Å². The van der Waals surface area contributed by atoms with Crippen LogP contribution in [-0.4, -0.2) is 21.7 Å². The van der Waals surface area contributed by atoms with E-state index in [-0.39, 0.29) is 11.7 Å². The van der Waals surface area contributed by atoms with Crippen molar-refractivity contribution >= 4 is 0 Å². The summed E-state index contributed by atoms with van der Waals surface area (Å²) in [7, 11) is 0. The highest BCUT2D eigenvalue weighted by molar-refractivity contribution is 4.87. The molecule has 1 aliphatic carbocycles. The van der Waals surface area contributed by atoms with Crippen LogP contribution in [-0.2, 0) is 6.54 Å². The molecule has 0 aromatic carbocycles. The van der Waals surface area contributed by atoms with E-state index in [9.17, 15) is 4.79 Å². The molecule has 120 valence electrons. The van der Waals surface area contributed by atoms with Crippen molar-refractivity contribution in [1.29, 1.82) is 0 Å².